The van der Waals surface area contributed by atoms with E-state index < -0.39 is 16.0 Å². The Hall–Kier alpha value is -2.38. The molecule has 0 amide bonds. The summed E-state index contributed by atoms with van der Waals surface area (Å²) in [5.74, 6) is 0.127. The Kier molecular flexibility index (Phi) is 5.58. The summed E-state index contributed by atoms with van der Waals surface area (Å²) >= 11 is 0. The number of hydrogen-bond donors (Lipinski definition) is 1. The molecule has 0 unspecified atom stereocenters. The molecular formula is C17H19NO5S. The second-order valence-electron chi connectivity index (χ2n) is 5.14. The molecule has 0 aliphatic heterocycles. The van der Waals surface area contributed by atoms with Gasteiger partial charge in [0.1, 0.15) is 5.75 Å². The second-order valence-corrected chi connectivity index (χ2v) is 6.91. The van der Waals surface area contributed by atoms with E-state index in [1.165, 1.54) is 19.2 Å². The first-order valence-corrected chi connectivity index (χ1v) is 8.67. The van der Waals surface area contributed by atoms with E-state index in [0.717, 1.165) is 5.56 Å². The number of esters is 1. The van der Waals surface area contributed by atoms with Crippen LogP contribution >= 0.6 is 0 Å². The maximum absolute atomic E-state index is 12.4. The highest BCUT2D eigenvalue weighted by molar-refractivity contribution is 7.89. The molecule has 0 radical (unpaired) electrons. The lowest BCUT2D eigenvalue weighted by Gasteiger charge is -2.10. The topological polar surface area (TPSA) is 81.7 Å². The van der Waals surface area contributed by atoms with Gasteiger partial charge in [0.2, 0.25) is 10.0 Å². The van der Waals surface area contributed by atoms with Crippen LogP contribution in [0.15, 0.2) is 47.4 Å². The van der Waals surface area contributed by atoms with E-state index in [4.69, 9.17) is 4.74 Å². The average molecular weight is 349 g/mol. The van der Waals surface area contributed by atoms with Crippen molar-refractivity contribution in [3.05, 3.63) is 59.2 Å². The van der Waals surface area contributed by atoms with Gasteiger partial charge in [-0.2, -0.15) is 0 Å². The Balaban J connectivity index is 2.19. The number of methoxy groups -OCH3 is 2. The predicted molar refractivity (Wildman–Crippen MR) is 89.5 cm³/mol. The van der Waals surface area contributed by atoms with Crippen molar-refractivity contribution in [1.82, 2.24) is 4.72 Å². The number of rotatable bonds is 6. The van der Waals surface area contributed by atoms with Gasteiger partial charge in [0.05, 0.1) is 24.7 Å². The maximum Gasteiger partial charge on any atom is 0.338 e. The highest BCUT2D eigenvalue weighted by Gasteiger charge is 2.18. The summed E-state index contributed by atoms with van der Waals surface area (Å²) in [6.07, 6.45) is 0. The van der Waals surface area contributed by atoms with Crippen molar-refractivity contribution in [2.75, 3.05) is 14.2 Å². The molecule has 0 heterocycles. The van der Waals surface area contributed by atoms with Gasteiger partial charge in [0.15, 0.2) is 0 Å². The van der Waals surface area contributed by atoms with Crippen LogP contribution in [0.2, 0.25) is 0 Å². The lowest BCUT2D eigenvalue weighted by atomic mass is 10.1. The van der Waals surface area contributed by atoms with Crippen molar-refractivity contribution in [1.29, 1.82) is 0 Å². The van der Waals surface area contributed by atoms with Gasteiger partial charge in [-0.25, -0.2) is 17.9 Å². The molecule has 0 aliphatic rings. The predicted octanol–water partition coefficient (Wildman–Crippen LogP) is 2.27. The fraction of sp³-hybridized carbons (Fsp3) is 0.235. The van der Waals surface area contributed by atoms with E-state index in [1.807, 2.05) is 0 Å². The van der Waals surface area contributed by atoms with Crippen molar-refractivity contribution in [3.63, 3.8) is 0 Å². The van der Waals surface area contributed by atoms with Crippen LogP contribution in [0.25, 0.3) is 0 Å². The van der Waals surface area contributed by atoms with Crippen LogP contribution in [0.3, 0.4) is 0 Å². The zero-order valence-electron chi connectivity index (χ0n) is 13.7. The number of ether oxygens (including phenoxy) is 2. The number of sulfonamides is 1. The third-order valence-electron chi connectivity index (χ3n) is 3.55. The summed E-state index contributed by atoms with van der Waals surface area (Å²) in [5.41, 5.74) is 1.67. The highest BCUT2D eigenvalue weighted by Crippen LogP contribution is 2.17. The van der Waals surface area contributed by atoms with Gasteiger partial charge in [-0.05, 0) is 42.3 Å². The number of hydrogen-bond acceptors (Lipinski definition) is 5. The lowest BCUT2D eigenvalue weighted by Crippen LogP contribution is -2.23. The van der Waals surface area contributed by atoms with Crippen molar-refractivity contribution in [3.8, 4) is 5.75 Å². The summed E-state index contributed by atoms with van der Waals surface area (Å²) in [4.78, 5) is 11.7. The normalized spacial score (nSPS) is 11.1. The van der Waals surface area contributed by atoms with E-state index >= 15 is 0 Å². The number of carbonyl (C=O) groups excluding carboxylic acids is 1. The Bertz CT molecular complexity index is 829. The van der Waals surface area contributed by atoms with E-state index in [-0.39, 0.29) is 17.0 Å². The second kappa shape index (κ2) is 7.46. The van der Waals surface area contributed by atoms with Crippen LogP contribution < -0.4 is 9.46 Å². The molecule has 2 aromatic rings. The van der Waals surface area contributed by atoms with E-state index in [1.54, 1.807) is 44.4 Å². The molecule has 1 N–H and O–H groups in total. The van der Waals surface area contributed by atoms with Crippen LogP contribution in [0.4, 0.5) is 0 Å². The molecule has 128 valence electrons. The van der Waals surface area contributed by atoms with E-state index in [9.17, 15) is 13.2 Å². The fourth-order valence-electron chi connectivity index (χ4n) is 2.10. The number of carbonyl (C=O) groups is 1. The standard InChI is InChI=1S/C17H19NO5S/c1-12-4-9-15(10-16(12)17(19)23-3)24(20,21)18-11-13-5-7-14(22-2)8-6-13/h4-10,18H,11H2,1-3H3. The Morgan fingerprint density at radius 2 is 1.75 bits per heavy atom. The lowest BCUT2D eigenvalue weighted by molar-refractivity contribution is 0.0599. The molecule has 2 rings (SSSR count). The quantitative estimate of drug-likeness (QED) is 0.809. The van der Waals surface area contributed by atoms with E-state index in [2.05, 4.69) is 9.46 Å². The highest BCUT2D eigenvalue weighted by atomic mass is 32.2. The van der Waals surface area contributed by atoms with Gasteiger partial charge in [0, 0.05) is 6.54 Å². The minimum Gasteiger partial charge on any atom is -0.497 e. The Labute approximate surface area is 141 Å². The SMILES string of the molecule is COC(=O)c1cc(S(=O)(=O)NCc2ccc(OC)cc2)ccc1C. The molecule has 0 spiro atoms. The fourth-order valence-corrected chi connectivity index (χ4v) is 3.15. The van der Waals surface area contributed by atoms with Gasteiger partial charge in [-0.3, -0.25) is 0 Å². The molecule has 2 aromatic carbocycles. The summed E-state index contributed by atoms with van der Waals surface area (Å²) in [5, 5.41) is 0. The zero-order valence-corrected chi connectivity index (χ0v) is 14.5. The average Bonchev–Trinajstić information content (AvgIpc) is 2.60. The minimum atomic E-state index is -3.74. The molecule has 0 aliphatic carbocycles. The smallest absolute Gasteiger partial charge is 0.338 e. The number of aryl methyl sites for hydroxylation is 1. The number of nitrogens with one attached hydrogen (secondary N) is 1. The molecule has 6 nitrogen and oxygen atoms in total. The molecule has 24 heavy (non-hydrogen) atoms. The number of benzene rings is 2. The van der Waals surface area contributed by atoms with Crippen molar-refractivity contribution in [2.24, 2.45) is 0 Å². The summed E-state index contributed by atoms with van der Waals surface area (Å²) in [6.45, 7) is 1.85. The molecule has 0 bridgehead atoms. The van der Waals surface area contributed by atoms with Crippen LogP contribution in [0.1, 0.15) is 21.5 Å². The summed E-state index contributed by atoms with van der Waals surface area (Å²) in [6, 6.07) is 11.4. The van der Waals surface area contributed by atoms with Gasteiger partial charge in [-0.1, -0.05) is 18.2 Å². The molecule has 0 fully saturated rings. The van der Waals surface area contributed by atoms with E-state index in [0.29, 0.717) is 11.3 Å². The molecule has 0 saturated heterocycles. The minimum absolute atomic E-state index is 0.0158. The van der Waals surface area contributed by atoms with Gasteiger partial charge < -0.3 is 9.47 Å². The van der Waals surface area contributed by atoms with Gasteiger partial charge in [0.25, 0.3) is 0 Å². The maximum atomic E-state index is 12.4. The first-order valence-electron chi connectivity index (χ1n) is 7.19. The zero-order chi connectivity index (χ0) is 17.7. The molecule has 0 atom stereocenters. The monoisotopic (exact) mass is 349 g/mol. The third-order valence-corrected chi connectivity index (χ3v) is 4.95. The van der Waals surface area contributed by atoms with Crippen LogP contribution in [-0.2, 0) is 21.3 Å². The first kappa shape index (κ1) is 18.0. The van der Waals surface area contributed by atoms with Crippen molar-refractivity contribution < 1.29 is 22.7 Å². The Morgan fingerprint density at radius 1 is 1.08 bits per heavy atom. The van der Waals surface area contributed by atoms with Crippen molar-refractivity contribution in [2.45, 2.75) is 18.4 Å². The van der Waals surface area contributed by atoms with Crippen LogP contribution in [-0.4, -0.2) is 28.6 Å². The summed E-state index contributed by atoms with van der Waals surface area (Å²) < 4.78 is 37.1. The molecule has 7 heteroatoms. The first-order chi connectivity index (χ1) is 11.4. The Morgan fingerprint density at radius 3 is 2.33 bits per heavy atom. The molecule has 0 saturated carbocycles. The third kappa shape index (κ3) is 4.12. The van der Waals surface area contributed by atoms with Crippen LogP contribution in [0, 0.1) is 6.92 Å². The molecule has 0 aromatic heterocycles. The van der Waals surface area contributed by atoms with Crippen LogP contribution in [0.5, 0.6) is 5.75 Å². The van der Waals surface area contributed by atoms with Gasteiger partial charge in [-0.15, -0.1) is 0 Å². The van der Waals surface area contributed by atoms with Gasteiger partial charge >= 0.3 is 5.97 Å². The largest absolute Gasteiger partial charge is 0.497 e. The summed E-state index contributed by atoms with van der Waals surface area (Å²) in [7, 11) is -0.926. The van der Waals surface area contributed by atoms with Crippen molar-refractivity contribution >= 4 is 16.0 Å². The molecular weight excluding hydrogens is 330 g/mol.